The molecular weight excluding hydrogens is 464 g/mol. The fourth-order valence-electron chi connectivity index (χ4n) is 4.61. The Hall–Kier alpha value is -2.62. The van der Waals surface area contributed by atoms with Gasteiger partial charge in [0, 0.05) is 46.1 Å². The number of ether oxygens (including phenoxy) is 2. The monoisotopic (exact) mass is 500 g/mol. The Morgan fingerprint density at radius 3 is 2.46 bits per heavy atom. The number of nitrogens with zero attached hydrogens (tertiary/aromatic N) is 3. The quantitative estimate of drug-likeness (QED) is 0.462. The van der Waals surface area contributed by atoms with Crippen LogP contribution in [-0.4, -0.2) is 51.9 Å². The second-order valence-electron chi connectivity index (χ2n) is 9.43. The van der Waals surface area contributed by atoms with Gasteiger partial charge in [-0.3, -0.25) is 4.31 Å². The number of methoxy groups -OCH3 is 1. The smallest absolute Gasteiger partial charge is 0.264 e. The number of sulfonamides is 1. The van der Waals surface area contributed by atoms with Crippen molar-refractivity contribution in [3.63, 3.8) is 0 Å². The largest absolute Gasteiger partial charge is 0.388 e. The predicted octanol–water partition coefficient (Wildman–Crippen LogP) is 4.60. The fourth-order valence-corrected chi connectivity index (χ4v) is 6.07. The van der Waals surface area contributed by atoms with E-state index in [1.165, 1.54) is 4.31 Å². The van der Waals surface area contributed by atoms with Crippen LogP contribution in [0.25, 0.3) is 11.0 Å². The zero-order valence-corrected chi connectivity index (χ0v) is 22.1. The molecule has 0 amide bonds. The summed E-state index contributed by atoms with van der Waals surface area (Å²) in [5.74, 6) is 1.34. The van der Waals surface area contributed by atoms with Crippen LogP contribution in [0.5, 0.6) is 0 Å². The maximum atomic E-state index is 13.5. The highest BCUT2D eigenvalue weighted by Gasteiger charge is 2.30. The first-order valence-electron chi connectivity index (χ1n) is 12.2. The van der Waals surface area contributed by atoms with Crippen molar-refractivity contribution in [1.82, 2.24) is 9.55 Å². The first-order chi connectivity index (χ1) is 16.7. The molecule has 3 aromatic rings. The van der Waals surface area contributed by atoms with Gasteiger partial charge in [-0.25, -0.2) is 13.4 Å². The number of nitrogens with one attached hydrogen (secondary N) is 1. The summed E-state index contributed by atoms with van der Waals surface area (Å²) in [5, 5.41) is 3.02. The van der Waals surface area contributed by atoms with E-state index in [-0.39, 0.29) is 4.90 Å². The Balaban J connectivity index is 1.76. The molecule has 35 heavy (non-hydrogen) atoms. The lowest BCUT2D eigenvalue weighted by Crippen LogP contribution is -2.30. The van der Waals surface area contributed by atoms with E-state index in [1.807, 2.05) is 39.0 Å². The van der Waals surface area contributed by atoms with E-state index in [1.54, 1.807) is 38.4 Å². The van der Waals surface area contributed by atoms with Crippen LogP contribution in [-0.2, 0) is 31.6 Å². The van der Waals surface area contributed by atoms with E-state index >= 15 is 0 Å². The maximum Gasteiger partial charge on any atom is 0.264 e. The summed E-state index contributed by atoms with van der Waals surface area (Å²) in [6, 6.07) is 12.5. The van der Waals surface area contributed by atoms with Crippen molar-refractivity contribution in [3.8, 4) is 0 Å². The number of rotatable bonds is 9. The molecule has 1 fully saturated rings. The lowest BCUT2D eigenvalue weighted by Gasteiger charge is -2.27. The van der Waals surface area contributed by atoms with Crippen LogP contribution in [0.2, 0.25) is 0 Å². The van der Waals surface area contributed by atoms with Gasteiger partial charge in [0.25, 0.3) is 10.0 Å². The Bertz CT molecular complexity index is 1260. The fraction of sp³-hybridized carbons (Fsp3) is 0.500. The van der Waals surface area contributed by atoms with Gasteiger partial charge in [0.15, 0.2) is 0 Å². The molecule has 0 bridgehead atoms. The van der Waals surface area contributed by atoms with E-state index in [4.69, 9.17) is 14.5 Å². The molecule has 1 aliphatic rings. The summed E-state index contributed by atoms with van der Waals surface area (Å²) in [5.41, 5.74) is 2.60. The number of imidazole rings is 1. The van der Waals surface area contributed by atoms with Gasteiger partial charge in [-0.05, 0) is 82.0 Å². The minimum Gasteiger partial charge on any atom is -0.388 e. The first-order valence-corrected chi connectivity index (χ1v) is 13.6. The van der Waals surface area contributed by atoms with Gasteiger partial charge in [-0.1, -0.05) is 0 Å². The van der Waals surface area contributed by atoms with Gasteiger partial charge in [-0.2, -0.15) is 0 Å². The topological polar surface area (TPSA) is 85.7 Å². The minimum absolute atomic E-state index is 0.254. The molecule has 4 rings (SSSR count). The molecule has 2 heterocycles. The number of benzene rings is 2. The highest BCUT2D eigenvalue weighted by molar-refractivity contribution is 7.92. The molecule has 0 atom stereocenters. The van der Waals surface area contributed by atoms with Gasteiger partial charge in [0.2, 0.25) is 0 Å². The second kappa shape index (κ2) is 10.2. The third kappa shape index (κ3) is 5.03. The van der Waals surface area contributed by atoms with Crippen molar-refractivity contribution in [2.24, 2.45) is 5.92 Å². The molecule has 0 radical (unpaired) electrons. The maximum absolute atomic E-state index is 13.5. The van der Waals surface area contributed by atoms with Crippen molar-refractivity contribution in [3.05, 3.63) is 48.3 Å². The molecule has 1 saturated heterocycles. The lowest BCUT2D eigenvalue weighted by molar-refractivity contribution is 0.00684. The summed E-state index contributed by atoms with van der Waals surface area (Å²) in [6.45, 7) is 8.55. The van der Waals surface area contributed by atoms with Crippen LogP contribution in [0.4, 0.5) is 11.4 Å². The molecule has 9 heteroatoms. The van der Waals surface area contributed by atoms with Gasteiger partial charge in [-0.15, -0.1) is 0 Å². The second-order valence-corrected chi connectivity index (χ2v) is 11.3. The molecule has 8 nitrogen and oxygen atoms in total. The molecule has 1 N–H and O–H groups in total. The Morgan fingerprint density at radius 2 is 1.86 bits per heavy atom. The third-order valence-corrected chi connectivity index (χ3v) is 8.79. The average molecular weight is 501 g/mol. The average Bonchev–Trinajstić information content (AvgIpc) is 3.23. The standard InChI is InChI=1S/C26H36N4O4S/c1-6-30(35(31,32)22-10-7-20(27-4)8-11-22)21-9-12-24-23(17-21)28-25(26(2,3)33-5)29(24)18-19-13-15-34-16-14-19/h7-12,17,19,27H,6,13-16,18H2,1-5H3. The van der Waals surface area contributed by atoms with Crippen molar-refractivity contribution in [2.45, 2.75) is 50.7 Å². The molecule has 0 unspecified atom stereocenters. The predicted molar refractivity (Wildman–Crippen MR) is 140 cm³/mol. The van der Waals surface area contributed by atoms with Crippen LogP contribution >= 0.6 is 0 Å². The zero-order chi connectivity index (χ0) is 25.2. The van der Waals surface area contributed by atoms with E-state index in [0.29, 0.717) is 18.2 Å². The summed E-state index contributed by atoms with van der Waals surface area (Å²) < 4.78 is 42.0. The van der Waals surface area contributed by atoms with Gasteiger partial charge in [0.1, 0.15) is 11.4 Å². The minimum atomic E-state index is -3.72. The first kappa shape index (κ1) is 25.5. The number of fused-ring (bicyclic) bond motifs is 1. The highest BCUT2D eigenvalue weighted by Crippen LogP contribution is 2.33. The van der Waals surface area contributed by atoms with Crippen LogP contribution < -0.4 is 9.62 Å². The molecule has 1 aromatic heterocycles. The number of hydrogen-bond acceptors (Lipinski definition) is 6. The van der Waals surface area contributed by atoms with Crippen LogP contribution in [0.15, 0.2) is 47.4 Å². The van der Waals surface area contributed by atoms with Gasteiger partial charge >= 0.3 is 0 Å². The summed E-state index contributed by atoms with van der Waals surface area (Å²) >= 11 is 0. The molecular formula is C26H36N4O4S. The normalized spacial score (nSPS) is 15.5. The number of hydrogen-bond donors (Lipinski definition) is 1. The molecule has 2 aromatic carbocycles. The summed E-state index contributed by atoms with van der Waals surface area (Å²) in [6.07, 6.45) is 2.03. The third-order valence-electron chi connectivity index (χ3n) is 6.87. The Morgan fingerprint density at radius 1 is 1.17 bits per heavy atom. The van der Waals surface area contributed by atoms with Gasteiger partial charge < -0.3 is 19.4 Å². The van der Waals surface area contributed by atoms with E-state index < -0.39 is 15.6 Å². The van der Waals surface area contributed by atoms with Crippen LogP contribution in [0.3, 0.4) is 0 Å². The Labute approximate surface area is 208 Å². The molecule has 0 aliphatic carbocycles. The highest BCUT2D eigenvalue weighted by atomic mass is 32.2. The van der Waals surface area contributed by atoms with Crippen molar-refractivity contribution in [1.29, 1.82) is 0 Å². The van der Waals surface area contributed by atoms with Crippen molar-refractivity contribution >= 4 is 32.4 Å². The van der Waals surface area contributed by atoms with E-state index in [2.05, 4.69) is 9.88 Å². The van der Waals surface area contributed by atoms with E-state index in [0.717, 1.165) is 55.1 Å². The van der Waals surface area contributed by atoms with Crippen molar-refractivity contribution < 1.29 is 17.9 Å². The number of anilines is 2. The summed E-state index contributed by atoms with van der Waals surface area (Å²) in [7, 11) is -0.233. The van der Waals surface area contributed by atoms with Gasteiger partial charge in [0.05, 0.1) is 21.6 Å². The van der Waals surface area contributed by atoms with Crippen LogP contribution in [0, 0.1) is 5.92 Å². The van der Waals surface area contributed by atoms with E-state index in [9.17, 15) is 8.42 Å². The number of aromatic nitrogens is 2. The van der Waals surface area contributed by atoms with Crippen LogP contribution in [0.1, 0.15) is 39.4 Å². The zero-order valence-electron chi connectivity index (χ0n) is 21.2. The molecule has 0 spiro atoms. The molecule has 0 saturated carbocycles. The molecule has 190 valence electrons. The lowest BCUT2D eigenvalue weighted by atomic mass is 9.99. The summed E-state index contributed by atoms with van der Waals surface area (Å²) in [4.78, 5) is 5.21. The van der Waals surface area contributed by atoms with Crippen molar-refractivity contribution in [2.75, 3.05) is 43.5 Å². The Kier molecular flexibility index (Phi) is 7.40. The SMILES string of the molecule is CCN(c1ccc2c(c1)nc(C(C)(C)OC)n2CC1CCOCC1)S(=O)(=O)c1ccc(NC)cc1. The molecule has 1 aliphatic heterocycles.